The largest absolute Gasteiger partial charge is 0.378 e. The Morgan fingerprint density at radius 2 is 1.74 bits per heavy atom. The summed E-state index contributed by atoms with van der Waals surface area (Å²) in [5.74, 6) is 2.35. The van der Waals surface area contributed by atoms with E-state index in [1.54, 1.807) is 0 Å². The maximum absolute atomic E-state index is 10.7. The first-order chi connectivity index (χ1) is 12.8. The van der Waals surface area contributed by atoms with Gasteiger partial charge in [-0.25, -0.2) is 0 Å². The molecule has 0 radical (unpaired) electrons. The van der Waals surface area contributed by atoms with Crippen molar-refractivity contribution in [1.29, 1.82) is 0 Å². The minimum atomic E-state index is -1.61. The van der Waals surface area contributed by atoms with Crippen LogP contribution in [0, 0.1) is 11.5 Å². The highest BCUT2D eigenvalue weighted by atomic mass is 28.3. The van der Waals surface area contributed by atoms with E-state index in [9.17, 15) is 5.11 Å². The van der Waals surface area contributed by atoms with E-state index in [1.807, 2.05) is 44.2 Å². The van der Waals surface area contributed by atoms with E-state index in [-0.39, 0.29) is 6.10 Å². The van der Waals surface area contributed by atoms with Crippen molar-refractivity contribution < 1.29 is 19.3 Å². The number of ether oxygens (including phenoxy) is 3. The summed E-state index contributed by atoms with van der Waals surface area (Å²) < 4.78 is 17.8. The molecule has 5 heteroatoms. The standard InChI is InChI=1S/C22H34O4Si/c1-6-27(7-2,8-3)15-14-19(23)21-20(25-22(4,5)26-21)17-24-16-18-12-10-9-11-13-18/h9-13,19-21,23H,6-8,16-17H2,1-5H3/t19-,20-,21+/m1/s1. The van der Waals surface area contributed by atoms with Gasteiger partial charge in [0.2, 0.25) is 0 Å². The third-order valence-electron chi connectivity index (χ3n) is 5.44. The molecule has 0 amide bonds. The van der Waals surface area contributed by atoms with Crippen LogP contribution in [0.15, 0.2) is 30.3 Å². The van der Waals surface area contributed by atoms with Crippen LogP contribution in [0.1, 0.15) is 40.2 Å². The second-order valence-corrected chi connectivity index (χ2v) is 12.6. The van der Waals surface area contributed by atoms with Crippen LogP contribution in [0.5, 0.6) is 0 Å². The van der Waals surface area contributed by atoms with Gasteiger partial charge in [0.25, 0.3) is 0 Å². The minimum Gasteiger partial charge on any atom is -0.378 e. The number of benzene rings is 1. The Morgan fingerprint density at radius 1 is 1.11 bits per heavy atom. The van der Waals surface area contributed by atoms with Gasteiger partial charge in [-0.05, 0) is 37.5 Å². The number of hydrogen-bond donors (Lipinski definition) is 1. The first-order valence-corrected chi connectivity index (χ1v) is 12.6. The molecule has 1 saturated heterocycles. The molecule has 0 spiro atoms. The third kappa shape index (κ3) is 6.17. The summed E-state index contributed by atoms with van der Waals surface area (Å²) in [4.78, 5) is 0. The van der Waals surface area contributed by atoms with Gasteiger partial charge in [-0.2, -0.15) is 0 Å². The SMILES string of the molecule is CC[Si](C#C[C@@H](O)[C@@H]1OC(C)(C)O[C@@H]1COCc1ccccc1)(CC)CC. The van der Waals surface area contributed by atoms with Crippen LogP contribution in [0.25, 0.3) is 0 Å². The van der Waals surface area contributed by atoms with Gasteiger partial charge in [0.15, 0.2) is 5.79 Å². The van der Waals surface area contributed by atoms with Crippen molar-refractivity contribution in [3.8, 4) is 11.5 Å². The fourth-order valence-electron chi connectivity index (χ4n) is 3.45. The Morgan fingerprint density at radius 3 is 2.33 bits per heavy atom. The zero-order valence-corrected chi connectivity index (χ0v) is 18.3. The summed E-state index contributed by atoms with van der Waals surface area (Å²) >= 11 is 0. The fourth-order valence-corrected chi connectivity index (χ4v) is 5.94. The monoisotopic (exact) mass is 390 g/mol. The first-order valence-electron chi connectivity index (χ1n) is 10.0. The summed E-state index contributed by atoms with van der Waals surface area (Å²) in [7, 11) is -1.61. The molecule has 2 rings (SSSR count). The Bertz CT molecular complexity index is 622. The van der Waals surface area contributed by atoms with Crippen molar-refractivity contribution in [2.45, 2.75) is 83.5 Å². The highest BCUT2D eigenvalue weighted by molar-refractivity contribution is 6.87. The highest BCUT2D eigenvalue weighted by Gasteiger charge is 2.44. The quantitative estimate of drug-likeness (QED) is 0.535. The molecule has 1 heterocycles. The molecular weight excluding hydrogens is 356 g/mol. The van der Waals surface area contributed by atoms with Gasteiger partial charge >= 0.3 is 0 Å². The molecule has 0 bridgehead atoms. The van der Waals surface area contributed by atoms with E-state index >= 15 is 0 Å². The predicted molar refractivity (Wildman–Crippen MR) is 111 cm³/mol. The van der Waals surface area contributed by atoms with Crippen molar-refractivity contribution in [2.24, 2.45) is 0 Å². The zero-order chi connectivity index (χ0) is 19.9. The number of aliphatic hydroxyl groups is 1. The molecule has 27 heavy (non-hydrogen) atoms. The van der Waals surface area contributed by atoms with Crippen LogP contribution in [0.4, 0.5) is 0 Å². The van der Waals surface area contributed by atoms with E-state index < -0.39 is 26.1 Å². The molecule has 1 aromatic rings. The Kier molecular flexibility index (Phi) is 8.08. The van der Waals surface area contributed by atoms with Crippen molar-refractivity contribution in [1.82, 2.24) is 0 Å². The topological polar surface area (TPSA) is 47.9 Å². The van der Waals surface area contributed by atoms with Crippen molar-refractivity contribution in [3.63, 3.8) is 0 Å². The van der Waals surface area contributed by atoms with Gasteiger partial charge in [0.05, 0.1) is 13.2 Å². The molecule has 1 aliphatic heterocycles. The second-order valence-electron chi connectivity index (χ2n) is 7.69. The Balaban J connectivity index is 2.02. The third-order valence-corrected chi connectivity index (χ3v) is 10.2. The number of aliphatic hydroxyl groups excluding tert-OH is 1. The maximum atomic E-state index is 10.7. The zero-order valence-electron chi connectivity index (χ0n) is 17.3. The second kappa shape index (κ2) is 9.86. The fraction of sp³-hybridized carbons (Fsp3) is 0.636. The molecule has 1 aromatic carbocycles. The summed E-state index contributed by atoms with van der Waals surface area (Å²) in [5, 5.41) is 10.7. The first kappa shape index (κ1) is 22.1. The molecule has 3 atom stereocenters. The predicted octanol–water partition coefficient (Wildman–Crippen LogP) is 4.14. The maximum Gasteiger partial charge on any atom is 0.164 e. The highest BCUT2D eigenvalue weighted by Crippen LogP contribution is 2.30. The molecule has 0 aromatic heterocycles. The lowest BCUT2D eigenvalue weighted by molar-refractivity contribution is -0.155. The molecule has 4 nitrogen and oxygen atoms in total. The van der Waals surface area contributed by atoms with Gasteiger partial charge in [-0.15, -0.1) is 5.54 Å². The van der Waals surface area contributed by atoms with E-state index in [0.717, 1.165) is 23.7 Å². The lowest BCUT2D eigenvalue weighted by Gasteiger charge is -2.22. The smallest absolute Gasteiger partial charge is 0.164 e. The molecule has 1 fully saturated rings. The summed E-state index contributed by atoms with van der Waals surface area (Å²) in [5.41, 5.74) is 4.56. The molecule has 0 saturated carbocycles. The van der Waals surface area contributed by atoms with Gasteiger partial charge in [-0.3, -0.25) is 0 Å². The molecule has 0 unspecified atom stereocenters. The van der Waals surface area contributed by atoms with Crippen molar-refractivity contribution >= 4 is 8.07 Å². The molecule has 0 aliphatic carbocycles. The van der Waals surface area contributed by atoms with Crippen LogP contribution in [0.3, 0.4) is 0 Å². The van der Waals surface area contributed by atoms with Gasteiger partial charge in [-0.1, -0.05) is 57.0 Å². The van der Waals surface area contributed by atoms with E-state index in [4.69, 9.17) is 14.2 Å². The van der Waals surface area contributed by atoms with Gasteiger partial charge < -0.3 is 19.3 Å². The minimum absolute atomic E-state index is 0.339. The van der Waals surface area contributed by atoms with Crippen LogP contribution in [-0.2, 0) is 20.8 Å². The average molecular weight is 391 g/mol. The van der Waals surface area contributed by atoms with E-state index in [1.165, 1.54) is 0 Å². The summed E-state index contributed by atoms with van der Waals surface area (Å²) in [6.45, 7) is 11.2. The van der Waals surface area contributed by atoms with Gasteiger partial charge in [0.1, 0.15) is 26.4 Å². The van der Waals surface area contributed by atoms with E-state index in [0.29, 0.717) is 13.2 Å². The lowest BCUT2D eigenvalue weighted by atomic mass is 10.1. The van der Waals surface area contributed by atoms with Crippen molar-refractivity contribution in [3.05, 3.63) is 35.9 Å². The normalized spacial score (nSPS) is 22.9. The molecule has 1 aliphatic rings. The summed E-state index contributed by atoms with van der Waals surface area (Å²) in [6, 6.07) is 13.3. The molecule has 1 N–H and O–H groups in total. The van der Waals surface area contributed by atoms with E-state index in [2.05, 4.69) is 32.2 Å². The molecular formula is C22H34O4Si. The number of hydrogen-bond acceptors (Lipinski definition) is 4. The number of rotatable bonds is 8. The van der Waals surface area contributed by atoms with Crippen LogP contribution < -0.4 is 0 Å². The van der Waals surface area contributed by atoms with Crippen molar-refractivity contribution in [2.75, 3.05) is 6.61 Å². The average Bonchev–Trinajstić information content (AvgIpc) is 2.98. The van der Waals surface area contributed by atoms with Crippen LogP contribution in [0.2, 0.25) is 18.1 Å². The Labute approximate surface area is 165 Å². The lowest BCUT2D eigenvalue weighted by Crippen LogP contribution is -2.38. The van der Waals surface area contributed by atoms with Crippen LogP contribution in [-0.4, -0.2) is 43.9 Å². The molecule has 150 valence electrons. The van der Waals surface area contributed by atoms with Crippen LogP contribution >= 0.6 is 0 Å². The summed E-state index contributed by atoms with van der Waals surface area (Å²) in [6.07, 6.45) is -1.71. The Hall–Kier alpha value is -1.16. The van der Waals surface area contributed by atoms with Gasteiger partial charge in [0, 0.05) is 0 Å².